The number of aryl methyl sites for hydroxylation is 3. The number of nitrogens with zero attached hydrogens (tertiary/aromatic N) is 1. The van der Waals surface area contributed by atoms with Crippen molar-refractivity contribution in [3.63, 3.8) is 0 Å². The maximum atomic E-state index is 10.8. The summed E-state index contributed by atoms with van der Waals surface area (Å²) in [5, 5.41) is 10.1. The predicted octanol–water partition coefficient (Wildman–Crippen LogP) is 4.17. The molecule has 0 fully saturated rings. The summed E-state index contributed by atoms with van der Waals surface area (Å²) in [7, 11) is 2.00. The van der Waals surface area contributed by atoms with Crippen LogP contribution in [0.15, 0.2) is 48.7 Å². The Morgan fingerprint density at radius 2 is 1.91 bits per heavy atom. The molecule has 3 aromatic rings. The van der Waals surface area contributed by atoms with Gasteiger partial charge < -0.3 is 9.67 Å². The highest BCUT2D eigenvalue weighted by molar-refractivity contribution is 5.89. The van der Waals surface area contributed by atoms with Crippen molar-refractivity contribution in [1.29, 1.82) is 0 Å². The summed E-state index contributed by atoms with van der Waals surface area (Å²) in [5.74, 6) is -0.758. The van der Waals surface area contributed by atoms with E-state index in [-0.39, 0.29) is 6.42 Å². The van der Waals surface area contributed by atoms with Gasteiger partial charge in [0.05, 0.1) is 0 Å². The Hall–Kier alpha value is -2.55. The first-order valence-electron chi connectivity index (χ1n) is 7.41. The fourth-order valence-corrected chi connectivity index (χ4v) is 2.92. The summed E-state index contributed by atoms with van der Waals surface area (Å²) in [6, 6.07) is 14.8. The van der Waals surface area contributed by atoms with Crippen molar-refractivity contribution in [2.45, 2.75) is 19.8 Å². The maximum absolute atomic E-state index is 10.8. The minimum Gasteiger partial charge on any atom is -0.481 e. The third-order valence-corrected chi connectivity index (χ3v) is 4.03. The fraction of sp³-hybridized carbons (Fsp3) is 0.211. The molecular formula is C19H19NO2. The molecule has 0 unspecified atom stereocenters. The molecule has 0 amide bonds. The number of hydrogen-bond donors (Lipinski definition) is 1. The standard InChI is InChI=1S/C19H19NO2/c1-13-4-3-5-14(10-13)15-6-8-18-17(11-15)16(12-20(18)2)7-9-19(21)22/h3-6,8,10-12H,7,9H2,1-2H3,(H,21,22). The van der Waals surface area contributed by atoms with Gasteiger partial charge in [-0.15, -0.1) is 0 Å². The van der Waals surface area contributed by atoms with E-state index in [0.717, 1.165) is 16.5 Å². The van der Waals surface area contributed by atoms with E-state index in [1.807, 2.05) is 13.2 Å². The molecule has 1 aromatic heterocycles. The Labute approximate surface area is 129 Å². The molecule has 3 nitrogen and oxygen atoms in total. The van der Waals surface area contributed by atoms with Gasteiger partial charge in [-0.25, -0.2) is 0 Å². The van der Waals surface area contributed by atoms with E-state index in [9.17, 15) is 4.79 Å². The smallest absolute Gasteiger partial charge is 0.303 e. The molecule has 0 radical (unpaired) electrons. The monoisotopic (exact) mass is 293 g/mol. The van der Waals surface area contributed by atoms with Crippen molar-refractivity contribution in [2.24, 2.45) is 7.05 Å². The summed E-state index contributed by atoms with van der Waals surface area (Å²) in [5.41, 5.74) is 5.82. The van der Waals surface area contributed by atoms with Gasteiger partial charge in [-0.05, 0) is 42.2 Å². The Bertz CT molecular complexity index is 846. The first-order valence-corrected chi connectivity index (χ1v) is 7.41. The molecule has 0 saturated heterocycles. The van der Waals surface area contributed by atoms with Crippen LogP contribution >= 0.6 is 0 Å². The average Bonchev–Trinajstić information content (AvgIpc) is 2.81. The number of carbonyl (C=O) groups is 1. The summed E-state index contributed by atoms with van der Waals surface area (Å²) >= 11 is 0. The Morgan fingerprint density at radius 3 is 2.64 bits per heavy atom. The summed E-state index contributed by atoms with van der Waals surface area (Å²) in [6.07, 6.45) is 2.76. The number of aromatic nitrogens is 1. The van der Waals surface area contributed by atoms with Gasteiger partial charge in [0.2, 0.25) is 0 Å². The first kappa shape index (κ1) is 14.4. The van der Waals surface area contributed by atoms with Crippen LogP contribution in [-0.2, 0) is 18.3 Å². The third kappa shape index (κ3) is 2.75. The van der Waals surface area contributed by atoms with Crippen LogP contribution in [0.1, 0.15) is 17.5 Å². The number of fused-ring (bicyclic) bond motifs is 1. The molecule has 0 spiro atoms. The quantitative estimate of drug-likeness (QED) is 0.784. The molecule has 0 aliphatic rings. The summed E-state index contributed by atoms with van der Waals surface area (Å²) < 4.78 is 2.06. The van der Waals surface area contributed by atoms with Crippen LogP contribution in [0.3, 0.4) is 0 Å². The molecule has 0 aliphatic heterocycles. The maximum Gasteiger partial charge on any atom is 0.303 e. The first-order chi connectivity index (χ1) is 10.5. The van der Waals surface area contributed by atoms with Gasteiger partial charge in [0.1, 0.15) is 0 Å². The van der Waals surface area contributed by atoms with E-state index in [2.05, 4.69) is 54.0 Å². The Balaban J connectivity index is 2.07. The van der Waals surface area contributed by atoms with Crippen LogP contribution in [-0.4, -0.2) is 15.6 Å². The molecule has 3 heteroatoms. The number of carboxylic acid groups (broad SMARTS) is 1. The lowest BCUT2D eigenvalue weighted by Crippen LogP contribution is -1.96. The van der Waals surface area contributed by atoms with Gasteiger partial charge in [0.25, 0.3) is 0 Å². The van der Waals surface area contributed by atoms with Crippen molar-refractivity contribution in [3.05, 3.63) is 59.8 Å². The van der Waals surface area contributed by atoms with Crippen molar-refractivity contribution in [3.8, 4) is 11.1 Å². The number of benzene rings is 2. The Kier molecular flexibility index (Phi) is 3.72. The predicted molar refractivity (Wildman–Crippen MR) is 89.0 cm³/mol. The second kappa shape index (κ2) is 5.68. The molecule has 0 bridgehead atoms. The topological polar surface area (TPSA) is 42.2 Å². The second-order valence-electron chi connectivity index (χ2n) is 5.76. The molecule has 3 rings (SSSR count). The summed E-state index contributed by atoms with van der Waals surface area (Å²) in [4.78, 5) is 10.8. The molecule has 1 N–H and O–H groups in total. The van der Waals surface area contributed by atoms with Gasteiger partial charge in [0, 0.05) is 30.6 Å². The molecule has 1 heterocycles. The minimum absolute atomic E-state index is 0.161. The second-order valence-corrected chi connectivity index (χ2v) is 5.76. The average molecular weight is 293 g/mol. The van der Waals surface area contributed by atoms with Gasteiger partial charge in [-0.2, -0.15) is 0 Å². The van der Waals surface area contributed by atoms with Crippen LogP contribution in [0.2, 0.25) is 0 Å². The van der Waals surface area contributed by atoms with Crippen LogP contribution in [0.25, 0.3) is 22.0 Å². The van der Waals surface area contributed by atoms with E-state index < -0.39 is 5.97 Å². The van der Waals surface area contributed by atoms with E-state index >= 15 is 0 Å². The van der Waals surface area contributed by atoms with Gasteiger partial charge in [0.15, 0.2) is 0 Å². The normalized spacial score (nSPS) is 11.0. The van der Waals surface area contributed by atoms with Crippen LogP contribution < -0.4 is 0 Å². The third-order valence-electron chi connectivity index (χ3n) is 4.03. The van der Waals surface area contributed by atoms with Crippen molar-refractivity contribution in [1.82, 2.24) is 4.57 Å². The van der Waals surface area contributed by atoms with Gasteiger partial charge in [-0.1, -0.05) is 35.9 Å². The molecule has 112 valence electrons. The summed E-state index contributed by atoms with van der Waals surface area (Å²) in [6.45, 7) is 2.09. The molecule has 0 saturated carbocycles. The van der Waals surface area contributed by atoms with E-state index in [1.165, 1.54) is 16.7 Å². The number of rotatable bonds is 4. The molecular weight excluding hydrogens is 274 g/mol. The molecule has 2 aromatic carbocycles. The van der Waals surface area contributed by atoms with Crippen LogP contribution in [0.4, 0.5) is 0 Å². The Morgan fingerprint density at radius 1 is 1.14 bits per heavy atom. The van der Waals surface area contributed by atoms with E-state index in [4.69, 9.17) is 5.11 Å². The lowest BCUT2D eigenvalue weighted by molar-refractivity contribution is -0.136. The van der Waals surface area contributed by atoms with E-state index in [1.54, 1.807) is 0 Å². The van der Waals surface area contributed by atoms with Crippen LogP contribution in [0.5, 0.6) is 0 Å². The zero-order chi connectivity index (χ0) is 15.7. The SMILES string of the molecule is Cc1cccc(-c2ccc3c(c2)c(CCC(=O)O)cn3C)c1. The molecule has 0 aliphatic carbocycles. The molecule has 22 heavy (non-hydrogen) atoms. The van der Waals surface area contributed by atoms with E-state index in [0.29, 0.717) is 6.42 Å². The highest BCUT2D eigenvalue weighted by Gasteiger charge is 2.10. The highest BCUT2D eigenvalue weighted by Crippen LogP contribution is 2.28. The van der Waals surface area contributed by atoms with Gasteiger partial charge in [-0.3, -0.25) is 4.79 Å². The number of aliphatic carboxylic acids is 1. The number of hydrogen-bond acceptors (Lipinski definition) is 1. The zero-order valence-electron chi connectivity index (χ0n) is 12.8. The highest BCUT2D eigenvalue weighted by atomic mass is 16.4. The number of carboxylic acids is 1. The molecule has 0 atom stereocenters. The zero-order valence-corrected chi connectivity index (χ0v) is 12.8. The van der Waals surface area contributed by atoms with Crippen molar-refractivity contribution >= 4 is 16.9 Å². The lowest BCUT2D eigenvalue weighted by Gasteiger charge is -2.05. The van der Waals surface area contributed by atoms with Crippen LogP contribution in [0, 0.1) is 6.92 Å². The fourth-order valence-electron chi connectivity index (χ4n) is 2.92. The van der Waals surface area contributed by atoms with Gasteiger partial charge >= 0.3 is 5.97 Å². The largest absolute Gasteiger partial charge is 0.481 e. The lowest BCUT2D eigenvalue weighted by atomic mass is 10.00. The minimum atomic E-state index is -0.758. The van der Waals surface area contributed by atoms with Crippen molar-refractivity contribution in [2.75, 3.05) is 0 Å². The van der Waals surface area contributed by atoms with Crippen molar-refractivity contribution < 1.29 is 9.90 Å².